The fourth-order valence-electron chi connectivity index (χ4n) is 3.02. The summed E-state index contributed by atoms with van der Waals surface area (Å²) in [6.45, 7) is 4.70. The van der Waals surface area contributed by atoms with Crippen molar-refractivity contribution in [3.05, 3.63) is 24.3 Å². The van der Waals surface area contributed by atoms with E-state index in [9.17, 15) is 14.7 Å². The van der Waals surface area contributed by atoms with E-state index < -0.39 is 0 Å². The van der Waals surface area contributed by atoms with Crippen molar-refractivity contribution in [3.8, 4) is 5.75 Å². The van der Waals surface area contributed by atoms with Crippen LogP contribution in [0.1, 0.15) is 0 Å². The van der Waals surface area contributed by atoms with Crippen molar-refractivity contribution in [1.82, 2.24) is 15.1 Å². The Bertz CT molecular complexity index is 584. The molecule has 0 unspecified atom stereocenters. The summed E-state index contributed by atoms with van der Waals surface area (Å²) in [5, 5.41) is 12.6. The highest BCUT2D eigenvalue weighted by atomic mass is 16.3. The maximum absolute atomic E-state index is 12.3. The number of nitrogens with zero attached hydrogens (tertiary/aromatic N) is 3. The fourth-order valence-corrected chi connectivity index (χ4v) is 3.02. The van der Waals surface area contributed by atoms with Crippen molar-refractivity contribution in [3.63, 3.8) is 0 Å². The molecule has 0 bridgehead atoms. The molecule has 1 aromatic carbocycles. The molecule has 2 N–H and O–H groups in total. The molecule has 23 heavy (non-hydrogen) atoms. The first kappa shape index (κ1) is 15.6. The van der Waals surface area contributed by atoms with Gasteiger partial charge in [-0.3, -0.25) is 14.5 Å². The minimum absolute atomic E-state index is 0.0101. The average Bonchev–Trinajstić information content (AvgIpc) is 2.56. The predicted molar refractivity (Wildman–Crippen MR) is 86.3 cm³/mol. The van der Waals surface area contributed by atoms with Gasteiger partial charge in [0.05, 0.1) is 18.8 Å². The SMILES string of the molecule is O=C1CN(C(=O)CN2CCN(c3ccccc3O)CC2)CCN1. The summed E-state index contributed by atoms with van der Waals surface area (Å²) in [5.41, 5.74) is 0.839. The Balaban J connectivity index is 1.50. The zero-order chi connectivity index (χ0) is 16.2. The third-order valence-corrected chi connectivity index (χ3v) is 4.34. The summed E-state index contributed by atoms with van der Waals surface area (Å²) in [6, 6.07) is 7.31. The van der Waals surface area contributed by atoms with E-state index in [1.807, 2.05) is 18.2 Å². The summed E-state index contributed by atoms with van der Waals surface area (Å²) in [4.78, 5) is 29.5. The standard InChI is InChI=1S/C16H22N4O3/c21-14-4-2-1-3-13(14)19-9-7-18(8-10-19)12-16(23)20-6-5-17-15(22)11-20/h1-4,21H,5-12H2,(H,17,22). The molecule has 2 aliphatic heterocycles. The molecule has 7 heteroatoms. The summed E-state index contributed by atoms with van der Waals surface area (Å²) >= 11 is 0. The minimum atomic E-state index is -0.0889. The molecule has 3 rings (SSSR count). The van der Waals surface area contributed by atoms with Gasteiger partial charge in [0.15, 0.2) is 0 Å². The van der Waals surface area contributed by atoms with Crippen molar-refractivity contribution in [2.24, 2.45) is 0 Å². The number of amides is 2. The van der Waals surface area contributed by atoms with E-state index in [1.54, 1.807) is 11.0 Å². The first-order valence-corrected chi connectivity index (χ1v) is 7.93. The van der Waals surface area contributed by atoms with Gasteiger partial charge in [-0.15, -0.1) is 0 Å². The number of aromatic hydroxyl groups is 1. The molecule has 2 fully saturated rings. The van der Waals surface area contributed by atoms with Gasteiger partial charge in [0, 0.05) is 39.3 Å². The van der Waals surface area contributed by atoms with Crippen LogP contribution in [-0.2, 0) is 9.59 Å². The molecule has 0 saturated carbocycles. The van der Waals surface area contributed by atoms with E-state index in [1.165, 1.54) is 0 Å². The Morgan fingerprint density at radius 3 is 2.57 bits per heavy atom. The predicted octanol–water partition coefficient (Wildman–Crippen LogP) is -0.527. The smallest absolute Gasteiger partial charge is 0.239 e. The number of hydrogen-bond donors (Lipinski definition) is 2. The van der Waals surface area contributed by atoms with Gasteiger partial charge < -0.3 is 20.2 Å². The lowest BCUT2D eigenvalue weighted by atomic mass is 10.2. The minimum Gasteiger partial charge on any atom is -0.506 e. The average molecular weight is 318 g/mol. The quantitative estimate of drug-likeness (QED) is 0.784. The molecule has 124 valence electrons. The lowest BCUT2D eigenvalue weighted by Gasteiger charge is -2.37. The summed E-state index contributed by atoms with van der Waals surface area (Å²) in [6.07, 6.45) is 0. The lowest BCUT2D eigenvalue weighted by Crippen LogP contribution is -2.54. The highest BCUT2D eigenvalue weighted by Crippen LogP contribution is 2.27. The van der Waals surface area contributed by atoms with E-state index in [4.69, 9.17) is 0 Å². The molecule has 2 heterocycles. The number of anilines is 1. The van der Waals surface area contributed by atoms with Crippen LogP contribution in [0.15, 0.2) is 24.3 Å². The van der Waals surface area contributed by atoms with Gasteiger partial charge in [0.25, 0.3) is 0 Å². The van der Waals surface area contributed by atoms with Gasteiger partial charge in [0.1, 0.15) is 5.75 Å². The first-order valence-electron chi connectivity index (χ1n) is 7.93. The largest absolute Gasteiger partial charge is 0.506 e. The molecule has 0 spiro atoms. The van der Waals surface area contributed by atoms with Gasteiger partial charge in [-0.05, 0) is 12.1 Å². The van der Waals surface area contributed by atoms with Gasteiger partial charge in [-0.25, -0.2) is 0 Å². The number of para-hydroxylation sites is 2. The van der Waals surface area contributed by atoms with Crippen molar-refractivity contribution in [2.45, 2.75) is 0 Å². The first-order chi connectivity index (χ1) is 11.1. The van der Waals surface area contributed by atoms with Crippen LogP contribution in [0.25, 0.3) is 0 Å². The number of piperazine rings is 2. The highest BCUT2D eigenvalue weighted by molar-refractivity contribution is 5.86. The number of phenolic OH excluding ortho intramolecular Hbond substituents is 1. The van der Waals surface area contributed by atoms with E-state index >= 15 is 0 Å². The van der Waals surface area contributed by atoms with E-state index in [2.05, 4.69) is 15.1 Å². The van der Waals surface area contributed by atoms with Crippen molar-refractivity contribution >= 4 is 17.5 Å². The summed E-state index contributed by atoms with van der Waals surface area (Å²) in [5.74, 6) is 0.209. The van der Waals surface area contributed by atoms with Gasteiger partial charge >= 0.3 is 0 Å². The molecule has 2 amide bonds. The topological polar surface area (TPSA) is 76.1 Å². The van der Waals surface area contributed by atoms with Crippen LogP contribution in [0.2, 0.25) is 0 Å². The highest BCUT2D eigenvalue weighted by Gasteiger charge is 2.25. The Morgan fingerprint density at radius 2 is 1.87 bits per heavy atom. The van der Waals surface area contributed by atoms with Crippen LogP contribution < -0.4 is 10.2 Å². The molecule has 0 atom stereocenters. The van der Waals surface area contributed by atoms with E-state index in [0.717, 1.165) is 31.9 Å². The van der Waals surface area contributed by atoms with Crippen molar-refractivity contribution < 1.29 is 14.7 Å². The fraction of sp³-hybridized carbons (Fsp3) is 0.500. The molecule has 0 radical (unpaired) electrons. The van der Waals surface area contributed by atoms with Crippen LogP contribution >= 0.6 is 0 Å². The molecule has 0 aliphatic carbocycles. The molecule has 0 aromatic heterocycles. The second-order valence-electron chi connectivity index (χ2n) is 5.92. The molecule has 2 saturated heterocycles. The normalized spacial score (nSPS) is 19.6. The second-order valence-corrected chi connectivity index (χ2v) is 5.92. The number of hydrogen-bond acceptors (Lipinski definition) is 5. The monoisotopic (exact) mass is 318 g/mol. The maximum atomic E-state index is 12.3. The van der Waals surface area contributed by atoms with Crippen LogP contribution in [0.4, 0.5) is 5.69 Å². The second kappa shape index (κ2) is 6.87. The third kappa shape index (κ3) is 3.73. The number of carbonyl (C=O) groups excluding carboxylic acids is 2. The zero-order valence-corrected chi connectivity index (χ0v) is 13.1. The van der Waals surface area contributed by atoms with E-state index in [-0.39, 0.29) is 24.1 Å². The Kier molecular flexibility index (Phi) is 4.66. The molecule has 1 aromatic rings. The van der Waals surface area contributed by atoms with Crippen molar-refractivity contribution in [2.75, 3.05) is 57.3 Å². The number of phenols is 1. The summed E-state index contributed by atoms with van der Waals surface area (Å²) < 4.78 is 0. The molecule has 7 nitrogen and oxygen atoms in total. The number of rotatable bonds is 3. The Labute approximate surface area is 135 Å². The third-order valence-electron chi connectivity index (χ3n) is 4.34. The van der Waals surface area contributed by atoms with Gasteiger partial charge in [-0.2, -0.15) is 0 Å². The number of nitrogens with one attached hydrogen (secondary N) is 1. The summed E-state index contributed by atoms with van der Waals surface area (Å²) in [7, 11) is 0. The lowest BCUT2D eigenvalue weighted by molar-refractivity contribution is -0.139. The van der Waals surface area contributed by atoms with Crippen LogP contribution in [0.5, 0.6) is 5.75 Å². The Morgan fingerprint density at radius 1 is 1.13 bits per heavy atom. The number of carbonyl (C=O) groups is 2. The maximum Gasteiger partial charge on any atom is 0.239 e. The molecule has 2 aliphatic rings. The van der Waals surface area contributed by atoms with Crippen LogP contribution in [0, 0.1) is 0 Å². The van der Waals surface area contributed by atoms with Gasteiger partial charge in [0.2, 0.25) is 11.8 Å². The molecular formula is C16H22N4O3. The van der Waals surface area contributed by atoms with Gasteiger partial charge in [-0.1, -0.05) is 12.1 Å². The van der Waals surface area contributed by atoms with Crippen molar-refractivity contribution in [1.29, 1.82) is 0 Å². The van der Waals surface area contributed by atoms with E-state index in [0.29, 0.717) is 19.6 Å². The van der Waals surface area contributed by atoms with Crippen LogP contribution in [-0.4, -0.2) is 79.1 Å². The number of benzene rings is 1. The zero-order valence-electron chi connectivity index (χ0n) is 13.1. The Hall–Kier alpha value is -2.28. The molecular weight excluding hydrogens is 296 g/mol. The van der Waals surface area contributed by atoms with Crippen LogP contribution in [0.3, 0.4) is 0 Å².